The zero-order valence-corrected chi connectivity index (χ0v) is 9.00. The van der Waals surface area contributed by atoms with Crippen molar-refractivity contribution in [2.45, 2.75) is 38.8 Å². The van der Waals surface area contributed by atoms with Gasteiger partial charge in [0.1, 0.15) is 0 Å². The Kier molecular flexibility index (Phi) is 3.31. The summed E-state index contributed by atoms with van der Waals surface area (Å²) < 4.78 is 0. The molecule has 0 aromatic heterocycles. The minimum absolute atomic E-state index is 0.0347. The molecular weight excluding hydrogens is 164 g/mol. The van der Waals surface area contributed by atoms with Crippen molar-refractivity contribution in [3.63, 3.8) is 0 Å². The Morgan fingerprint density at radius 1 is 1.46 bits per heavy atom. The second-order valence-electron chi connectivity index (χ2n) is 4.39. The Labute approximate surface area is 80.5 Å². The van der Waals surface area contributed by atoms with Crippen LogP contribution in [0, 0.1) is 5.92 Å². The van der Waals surface area contributed by atoms with Crippen molar-refractivity contribution in [3.05, 3.63) is 0 Å². The van der Waals surface area contributed by atoms with E-state index in [2.05, 4.69) is 12.2 Å². The summed E-state index contributed by atoms with van der Waals surface area (Å²) in [7, 11) is 3.59. The second-order valence-corrected chi connectivity index (χ2v) is 4.39. The number of carbonyl (C=O) groups excluding carboxylic acids is 1. The lowest BCUT2D eigenvalue weighted by Crippen LogP contribution is -2.50. The molecule has 0 aliphatic heterocycles. The number of likely N-dealkylation sites (N-methyl/N-ethyl adjacent to an activating group) is 1. The lowest BCUT2D eigenvalue weighted by Gasteiger charge is -2.35. The van der Waals surface area contributed by atoms with Crippen molar-refractivity contribution in [3.8, 4) is 0 Å². The minimum atomic E-state index is -0.0347. The molecule has 0 spiro atoms. The molecule has 13 heavy (non-hydrogen) atoms. The van der Waals surface area contributed by atoms with E-state index < -0.39 is 0 Å². The highest BCUT2D eigenvalue weighted by Crippen LogP contribution is 2.26. The van der Waals surface area contributed by atoms with Gasteiger partial charge < -0.3 is 10.2 Å². The maximum absolute atomic E-state index is 11.5. The van der Waals surface area contributed by atoms with Gasteiger partial charge in [0.2, 0.25) is 5.91 Å². The molecule has 1 unspecified atom stereocenters. The number of rotatable bonds is 3. The number of nitrogens with zero attached hydrogens (tertiary/aromatic N) is 1. The van der Waals surface area contributed by atoms with Crippen LogP contribution < -0.4 is 5.32 Å². The number of hydrogen-bond donors (Lipinski definition) is 1. The number of nitrogens with one attached hydrogen (secondary N) is 1. The largest absolute Gasteiger partial charge is 0.347 e. The predicted molar refractivity (Wildman–Crippen MR) is 53.5 cm³/mol. The van der Waals surface area contributed by atoms with Crippen LogP contribution in [0.3, 0.4) is 0 Å². The molecule has 3 heteroatoms. The fraction of sp³-hybridized carbons (Fsp3) is 0.900. The van der Waals surface area contributed by atoms with Crippen LogP contribution in [0.2, 0.25) is 0 Å². The smallest absolute Gasteiger partial charge is 0.238 e. The molecule has 1 amide bonds. The molecule has 1 rings (SSSR count). The third-order valence-electron chi connectivity index (χ3n) is 2.67. The topological polar surface area (TPSA) is 32.3 Å². The van der Waals surface area contributed by atoms with Gasteiger partial charge in [0.15, 0.2) is 0 Å². The number of carbonyl (C=O) groups is 1. The molecule has 1 N–H and O–H groups in total. The molecule has 1 aliphatic rings. The average molecular weight is 184 g/mol. The standard InChI is InChI=1S/C10H20N2O/c1-7-5-9(6-7)11-8(2)10(13)12(3)4/h7-9,11H,5-6H2,1-4H3. The van der Waals surface area contributed by atoms with E-state index in [4.69, 9.17) is 0 Å². The monoisotopic (exact) mass is 184 g/mol. The third-order valence-corrected chi connectivity index (χ3v) is 2.67. The molecule has 1 aliphatic carbocycles. The normalized spacial score (nSPS) is 29.2. The molecule has 1 fully saturated rings. The number of amides is 1. The summed E-state index contributed by atoms with van der Waals surface area (Å²) >= 11 is 0. The quantitative estimate of drug-likeness (QED) is 0.705. The van der Waals surface area contributed by atoms with E-state index in [0.717, 1.165) is 5.92 Å². The van der Waals surface area contributed by atoms with E-state index in [1.54, 1.807) is 19.0 Å². The minimum Gasteiger partial charge on any atom is -0.347 e. The van der Waals surface area contributed by atoms with Gasteiger partial charge in [-0.15, -0.1) is 0 Å². The van der Waals surface area contributed by atoms with Gasteiger partial charge in [-0.3, -0.25) is 4.79 Å². The summed E-state index contributed by atoms with van der Waals surface area (Å²) in [5, 5.41) is 3.34. The van der Waals surface area contributed by atoms with Crippen molar-refractivity contribution >= 4 is 5.91 Å². The van der Waals surface area contributed by atoms with E-state index in [1.807, 2.05) is 6.92 Å². The van der Waals surface area contributed by atoms with Crippen molar-refractivity contribution < 1.29 is 4.79 Å². The average Bonchev–Trinajstić information content (AvgIpc) is 2.00. The van der Waals surface area contributed by atoms with Gasteiger partial charge in [-0.1, -0.05) is 6.92 Å². The molecule has 0 heterocycles. The molecule has 3 nitrogen and oxygen atoms in total. The Hall–Kier alpha value is -0.570. The van der Waals surface area contributed by atoms with Crippen molar-refractivity contribution in [2.75, 3.05) is 14.1 Å². The first-order valence-electron chi connectivity index (χ1n) is 4.98. The molecule has 0 bridgehead atoms. The summed E-state index contributed by atoms with van der Waals surface area (Å²) in [6.07, 6.45) is 2.43. The fourth-order valence-electron chi connectivity index (χ4n) is 1.85. The van der Waals surface area contributed by atoms with E-state index in [-0.39, 0.29) is 11.9 Å². The lowest BCUT2D eigenvalue weighted by atomic mass is 9.81. The van der Waals surface area contributed by atoms with Crippen molar-refractivity contribution in [1.29, 1.82) is 0 Å². The molecule has 76 valence electrons. The first-order valence-corrected chi connectivity index (χ1v) is 4.98. The molecule has 0 aromatic rings. The first kappa shape index (κ1) is 10.5. The SMILES string of the molecule is CC1CC(NC(C)C(=O)N(C)C)C1. The van der Waals surface area contributed by atoms with Crippen LogP contribution in [0.15, 0.2) is 0 Å². The molecule has 0 aromatic carbocycles. The van der Waals surface area contributed by atoms with E-state index in [9.17, 15) is 4.79 Å². The Morgan fingerprint density at radius 3 is 2.38 bits per heavy atom. The van der Waals surface area contributed by atoms with Gasteiger partial charge in [0.25, 0.3) is 0 Å². The maximum Gasteiger partial charge on any atom is 0.238 e. The predicted octanol–water partition coefficient (Wildman–Crippen LogP) is 0.851. The highest BCUT2D eigenvalue weighted by atomic mass is 16.2. The van der Waals surface area contributed by atoms with Crippen LogP contribution in [0.4, 0.5) is 0 Å². The summed E-state index contributed by atoms with van der Waals surface area (Å²) in [5.74, 6) is 0.999. The van der Waals surface area contributed by atoms with Gasteiger partial charge in [-0.25, -0.2) is 0 Å². The van der Waals surface area contributed by atoms with Crippen LogP contribution >= 0.6 is 0 Å². The van der Waals surface area contributed by atoms with Crippen LogP contribution in [-0.2, 0) is 4.79 Å². The summed E-state index contributed by atoms with van der Waals surface area (Å²) in [4.78, 5) is 13.1. The van der Waals surface area contributed by atoms with Crippen molar-refractivity contribution in [1.82, 2.24) is 10.2 Å². The third kappa shape index (κ3) is 2.69. The summed E-state index contributed by atoms with van der Waals surface area (Å²) in [5.41, 5.74) is 0. The highest BCUT2D eigenvalue weighted by molar-refractivity contribution is 5.80. The van der Waals surface area contributed by atoms with Crippen LogP contribution in [0.5, 0.6) is 0 Å². The number of hydrogen-bond acceptors (Lipinski definition) is 2. The molecule has 0 radical (unpaired) electrons. The molecular formula is C10H20N2O. The Balaban J connectivity index is 2.25. The van der Waals surface area contributed by atoms with E-state index in [0.29, 0.717) is 6.04 Å². The zero-order chi connectivity index (χ0) is 10.0. The van der Waals surface area contributed by atoms with E-state index >= 15 is 0 Å². The van der Waals surface area contributed by atoms with Gasteiger partial charge in [-0.2, -0.15) is 0 Å². The van der Waals surface area contributed by atoms with Gasteiger partial charge in [-0.05, 0) is 25.7 Å². The molecule has 0 saturated heterocycles. The van der Waals surface area contributed by atoms with Crippen LogP contribution in [0.25, 0.3) is 0 Å². The Bertz CT molecular complexity index is 185. The summed E-state index contributed by atoms with van der Waals surface area (Å²) in [6, 6.07) is 0.529. The lowest BCUT2D eigenvalue weighted by molar-refractivity contribution is -0.130. The van der Waals surface area contributed by atoms with Gasteiger partial charge in [0, 0.05) is 20.1 Å². The highest BCUT2D eigenvalue weighted by Gasteiger charge is 2.28. The van der Waals surface area contributed by atoms with Crippen LogP contribution in [0.1, 0.15) is 26.7 Å². The molecule has 1 saturated carbocycles. The fourth-order valence-corrected chi connectivity index (χ4v) is 1.85. The Morgan fingerprint density at radius 2 is 2.00 bits per heavy atom. The van der Waals surface area contributed by atoms with E-state index in [1.165, 1.54) is 12.8 Å². The first-order chi connectivity index (χ1) is 6.00. The van der Waals surface area contributed by atoms with Gasteiger partial charge >= 0.3 is 0 Å². The summed E-state index contributed by atoms with van der Waals surface area (Å²) in [6.45, 7) is 4.18. The van der Waals surface area contributed by atoms with Crippen LogP contribution in [-0.4, -0.2) is 37.0 Å². The maximum atomic E-state index is 11.5. The van der Waals surface area contributed by atoms with Gasteiger partial charge in [0.05, 0.1) is 6.04 Å². The van der Waals surface area contributed by atoms with Crippen molar-refractivity contribution in [2.24, 2.45) is 5.92 Å². The molecule has 1 atom stereocenters. The zero-order valence-electron chi connectivity index (χ0n) is 9.00. The second kappa shape index (κ2) is 4.09.